The van der Waals surface area contributed by atoms with E-state index in [9.17, 15) is 0 Å². The van der Waals surface area contributed by atoms with Gasteiger partial charge in [0.1, 0.15) is 0 Å². The molecule has 94 valence electrons. The molecule has 0 N–H and O–H groups in total. The number of hydrogen-bond donors (Lipinski definition) is 0. The molecule has 0 aromatic rings. The molecule has 0 nitrogen and oxygen atoms in total. The van der Waals surface area contributed by atoms with Gasteiger partial charge in [0.2, 0.25) is 0 Å². The fourth-order valence-electron chi connectivity index (χ4n) is 2.59. The van der Waals surface area contributed by atoms with Crippen LogP contribution in [0.15, 0.2) is 0 Å². The van der Waals surface area contributed by atoms with Crippen molar-refractivity contribution in [1.82, 2.24) is 0 Å². The van der Waals surface area contributed by atoms with Gasteiger partial charge >= 0.3 is 0 Å². The van der Waals surface area contributed by atoms with Crippen LogP contribution in [0.1, 0.15) is 59.8 Å². The lowest BCUT2D eigenvalue weighted by Crippen LogP contribution is -3.00. The first-order chi connectivity index (χ1) is 6.74. The Bertz CT molecular complexity index is 109. The highest BCUT2D eigenvalue weighted by molar-refractivity contribution is 7.75. The smallest absolute Gasteiger partial charge is 0.0594 e. The molecule has 0 bridgehead atoms. The number of unbranched alkanes of at least 4 members (excludes halogenated alkanes) is 1. The van der Waals surface area contributed by atoms with E-state index in [0.29, 0.717) is 0 Å². The normalized spacial score (nSPS) is 11.2. The maximum atomic E-state index is 2.37. The molecule has 0 aliphatic rings. The number of hydrogen-bond acceptors (Lipinski definition) is 0. The molecule has 0 radical (unpaired) electrons. The van der Waals surface area contributed by atoms with Gasteiger partial charge in [-0.25, -0.2) is 0 Å². The minimum Gasteiger partial charge on any atom is -1.00 e. The third-order valence-electron chi connectivity index (χ3n) is 3.08. The Balaban J connectivity index is 0. The maximum Gasteiger partial charge on any atom is 0.0594 e. The molecule has 0 aromatic heterocycles. The molecule has 0 aliphatic heterocycles. The standard InChI is InChI=1S/C13H30P.HI/c1-5-9-13-14(10-6-2,11-7-3)12-8-4;/h5-13H2,1-4H3;1H/q+1;/p-1. The second-order valence-electron chi connectivity index (χ2n) is 4.59. The number of halogens is 1. The summed E-state index contributed by atoms with van der Waals surface area (Å²) in [6.07, 6.45) is 13.4. The molecule has 0 aliphatic carbocycles. The monoisotopic (exact) mass is 344 g/mol. The summed E-state index contributed by atoms with van der Waals surface area (Å²) in [5.74, 6) is 0. The topological polar surface area (TPSA) is 0 Å². The quantitative estimate of drug-likeness (QED) is 0.444. The lowest BCUT2D eigenvalue weighted by atomic mass is 10.4. The SMILES string of the molecule is CCCC[P+](CCC)(CCC)CCC.[I-]. The van der Waals surface area contributed by atoms with Crippen molar-refractivity contribution in [3.05, 3.63) is 0 Å². The second-order valence-corrected chi connectivity index (χ2v) is 9.06. The Kier molecular flexibility index (Phi) is 14.4. The van der Waals surface area contributed by atoms with Gasteiger partial charge in [0, 0.05) is 7.26 Å². The largest absolute Gasteiger partial charge is 1.00 e. The second kappa shape index (κ2) is 11.6. The van der Waals surface area contributed by atoms with E-state index < -0.39 is 7.26 Å². The van der Waals surface area contributed by atoms with Crippen LogP contribution in [-0.4, -0.2) is 24.6 Å². The van der Waals surface area contributed by atoms with Crippen molar-refractivity contribution < 1.29 is 24.0 Å². The predicted octanol–water partition coefficient (Wildman–Crippen LogP) is 2.04. The van der Waals surface area contributed by atoms with Crippen LogP contribution in [0.5, 0.6) is 0 Å². The zero-order valence-corrected chi connectivity index (χ0v) is 14.2. The highest BCUT2D eigenvalue weighted by Crippen LogP contribution is 2.60. The summed E-state index contributed by atoms with van der Waals surface area (Å²) < 4.78 is 0. The van der Waals surface area contributed by atoms with Gasteiger partial charge < -0.3 is 24.0 Å². The fourth-order valence-corrected chi connectivity index (χ4v) is 7.76. The van der Waals surface area contributed by atoms with E-state index in [2.05, 4.69) is 27.7 Å². The summed E-state index contributed by atoms with van der Waals surface area (Å²) in [6, 6.07) is 0. The van der Waals surface area contributed by atoms with Gasteiger partial charge in [-0.3, -0.25) is 0 Å². The molecule has 0 heterocycles. The van der Waals surface area contributed by atoms with E-state index >= 15 is 0 Å². The summed E-state index contributed by atoms with van der Waals surface area (Å²) in [6.45, 7) is 9.43. The molecule has 15 heavy (non-hydrogen) atoms. The summed E-state index contributed by atoms with van der Waals surface area (Å²) in [5.41, 5.74) is 0. The minimum atomic E-state index is -0.513. The molecule has 0 saturated heterocycles. The Morgan fingerprint density at radius 2 is 1.00 bits per heavy atom. The molecule has 0 rings (SSSR count). The first kappa shape index (κ1) is 18.5. The van der Waals surface area contributed by atoms with Gasteiger partial charge in [0.05, 0.1) is 24.6 Å². The highest BCUT2D eigenvalue weighted by Gasteiger charge is 2.33. The molecule has 0 amide bonds. The van der Waals surface area contributed by atoms with Crippen molar-refractivity contribution in [3.8, 4) is 0 Å². The van der Waals surface area contributed by atoms with Gasteiger partial charge in [0.15, 0.2) is 0 Å². The summed E-state index contributed by atoms with van der Waals surface area (Å²) in [7, 11) is -0.513. The van der Waals surface area contributed by atoms with Crippen molar-refractivity contribution in [1.29, 1.82) is 0 Å². The van der Waals surface area contributed by atoms with Crippen LogP contribution in [0, 0.1) is 0 Å². The molecule has 0 atom stereocenters. The van der Waals surface area contributed by atoms with Crippen LogP contribution >= 0.6 is 7.26 Å². The third kappa shape index (κ3) is 7.96. The average Bonchev–Trinajstić information content (AvgIpc) is 2.16. The van der Waals surface area contributed by atoms with E-state index in [4.69, 9.17) is 0 Å². The van der Waals surface area contributed by atoms with Crippen LogP contribution in [0.3, 0.4) is 0 Å². The lowest BCUT2D eigenvalue weighted by Gasteiger charge is -2.26. The van der Waals surface area contributed by atoms with E-state index in [1.165, 1.54) is 32.1 Å². The van der Waals surface area contributed by atoms with E-state index in [1.54, 1.807) is 24.6 Å². The minimum absolute atomic E-state index is 0. The molecule has 2 heteroatoms. The molecule has 0 saturated carbocycles. The molecular formula is C13H30IP. The van der Waals surface area contributed by atoms with Gasteiger partial charge in [0.25, 0.3) is 0 Å². The van der Waals surface area contributed by atoms with Crippen molar-refractivity contribution in [2.45, 2.75) is 59.8 Å². The molecule has 0 spiro atoms. The number of rotatable bonds is 9. The van der Waals surface area contributed by atoms with E-state index in [0.717, 1.165) is 0 Å². The first-order valence-electron chi connectivity index (χ1n) is 6.59. The van der Waals surface area contributed by atoms with Crippen molar-refractivity contribution in [2.75, 3.05) is 24.6 Å². The Morgan fingerprint density at radius 3 is 1.27 bits per heavy atom. The summed E-state index contributed by atoms with van der Waals surface area (Å²) in [5, 5.41) is 0. The van der Waals surface area contributed by atoms with Gasteiger partial charge in [-0.2, -0.15) is 0 Å². The Morgan fingerprint density at radius 1 is 0.600 bits per heavy atom. The van der Waals surface area contributed by atoms with Crippen LogP contribution < -0.4 is 24.0 Å². The van der Waals surface area contributed by atoms with Crippen LogP contribution in [0.2, 0.25) is 0 Å². The summed E-state index contributed by atoms with van der Waals surface area (Å²) >= 11 is 0. The van der Waals surface area contributed by atoms with Crippen LogP contribution in [0.25, 0.3) is 0 Å². The van der Waals surface area contributed by atoms with Crippen LogP contribution in [0.4, 0.5) is 0 Å². The van der Waals surface area contributed by atoms with E-state index in [-0.39, 0.29) is 24.0 Å². The maximum absolute atomic E-state index is 2.37. The summed E-state index contributed by atoms with van der Waals surface area (Å²) in [4.78, 5) is 0. The van der Waals surface area contributed by atoms with Gasteiger partial charge in [-0.15, -0.1) is 0 Å². The zero-order chi connectivity index (χ0) is 10.9. The molecule has 0 unspecified atom stereocenters. The average molecular weight is 344 g/mol. The van der Waals surface area contributed by atoms with Gasteiger partial charge in [-0.05, 0) is 25.7 Å². The molecule has 0 aromatic carbocycles. The predicted molar refractivity (Wildman–Crippen MR) is 72.2 cm³/mol. The Hall–Kier alpha value is 1.16. The van der Waals surface area contributed by atoms with Crippen molar-refractivity contribution in [2.24, 2.45) is 0 Å². The lowest BCUT2D eigenvalue weighted by molar-refractivity contribution is -0.00000339. The third-order valence-corrected chi connectivity index (χ3v) is 8.53. The first-order valence-corrected chi connectivity index (χ1v) is 9.12. The van der Waals surface area contributed by atoms with Gasteiger partial charge in [-0.1, -0.05) is 34.1 Å². The highest BCUT2D eigenvalue weighted by atomic mass is 127. The van der Waals surface area contributed by atoms with Crippen LogP contribution in [-0.2, 0) is 0 Å². The Labute approximate surface area is 115 Å². The zero-order valence-electron chi connectivity index (χ0n) is 11.2. The van der Waals surface area contributed by atoms with Crippen molar-refractivity contribution in [3.63, 3.8) is 0 Å². The fraction of sp³-hybridized carbons (Fsp3) is 1.00. The molecule has 0 fully saturated rings. The molecular weight excluding hydrogens is 314 g/mol. The van der Waals surface area contributed by atoms with Crippen molar-refractivity contribution >= 4 is 7.26 Å². The van der Waals surface area contributed by atoms with E-state index in [1.807, 2.05) is 0 Å².